The third kappa shape index (κ3) is 3.06. The maximum atomic E-state index is 13.3. The molecule has 0 saturated carbocycles. The SMILES string of the molecule is Cn1c2nc(Cc3ccc(Cl)nc3)sc2c2cnn(Cc3cccc4c3C=NC4)c(=O)c21. The second kappa shape index (κ2) is 7.36. The van der Waals surface area contributed by atoms with Gasteiger partial charge in [0.2, 0.25) is 0 Å². The molecule has 0 fully saturated rings. The summed E-state index contributed by atoms with van der Waals surface area (Å²) in [7, 11) is 1.89. The molecule has 1 aliphatic heterocycles. The minimum Gasteiger partial charge on any atom is -0.323 e. The first-order valence-corrected chi connectivity index (χ1v) is 11.3. The first kappa shape index (κ1) is 19.3. The van der Waals surface area contributed by atoms with E-state index in [4.69, 9.17) is 16.6 Å². The van der Waals surface area contributed by atoms with Crippen molar-refractivity contribution in [2.45, 2.75) is 19.5 Å². The van der Waals surface area contributed by atoms with Gasteiger partial charge in [0.15, 0.2) is 5.65 Å². The number of rotatable bonds is 4. The third-order valence-electron chi connectivity index (χ3n) is 5.80. The number of hydrogen-bond donors (Lipinski definition) is 0. The summed E-state index contributed by atoms with van der Waals surface area (Å²) in [6.45, 7) is 1.10. The van der Waals surface area contributed by atoms with Crippen molar-refractivity contribution in [1.82, 2.24) is 24.3 Å². The number of benzene rings is 1. The van der Waals surface area contributed by atoms with Gasteiger partial charge in [0.25, 0.3) is 5.56 Å². The van der Waals surface area contributed by atoms with E-state index < -0.39 is 0 Å². The zero-order valence-corrected chi connectivity index (χ0v) is 18.7. The number of halogens is 1. The summed E-state index contributed by atoms with van der Waals surface area (Å²) in [6.07, 6.45) is 6.09. The Morgan fingerprint density at radius 3 is 2.94 bits per heavy atom. The molecule has 0 saturated heterocycles. The predicted molar refractivity (Wildman–Crippen MR) is 127 cm³/mol. The lowest BCUT2D eigenvalue weighted by Gasteiger charge is -2.09. The van der Waals surface area contributed by atoms with Crippen LogP contribution in [0.1, 0.15) is 27.3 Å². The van der Waals surface area contributed by atoms with Gasteiger partial charge in [-0.25, -0.2) is 14.6 Å². The summed E-state index contributed by atoms with van der Waals surface area (Å²) in [5, 5.41) is 6.76. The van der Waals surface area contributed by atoms with E-state index in [0.29, 0.717) is 30.2 Å². The lowest BCUT2D eigenvalue weighted by Crippen LogP contribution is -2.25. The topological polar surface area (TPSA) is 78.0 Å². The van der Waals surface area contributed by atoms with E-state index in [-0.39, 0.29) is 5.56 Å². The zero-order chi connectivity index (χ0) is 21.8. The van der Waals surface area contributed by atoms with Crippen LogP contribution in [0.2, 0.25) is 5.15 Å². The van der Waals surface area contributed by atoms with Gasteiger partial charge in [0, 0.05) is 36.8 Å². The Morgan fingerprint density at radius 2 is 2.09 bits per heavy atom. The van der Waals surface area contributed by atoms with Gasteiger partial charge < -0.3 is 4.57 Å². The Morgan fingerprint density at radius 1 is 1.19 bits per heavy atom. The highest BCUT2D eigenvalue weighted by Crippen LogP contribution is 2.32. The fourth-order valence-electron chi connectivity index (χ4n) is 4.21. The molecule has 5 heterocycles. The van der Waals surface area contributed by atoms with Crippen molar-refractivity contribution in [3.63, 3.8) is 0 Å². The molecule has 32 heavy (non-hydrogen) atoms. The van der Waals surface area contributed by atoms with Gasteiger partial charge in [-0.3, -0.25) is 9.79 Å². The second-order valence-corrected chi connectivity index (χ2v) is 9.29. The molecule has 0 amide bonds. The van der Waals surface area contributed by atoms with Crippen molar-refractivity contribution >= 4 is 50.4 Å². The molecule has 5 aromatic rings. The minimum absolute atomic E-state index is 0.119. The van der Waals surface area contributed by atoms with Crippen molar-refractivity contribution in [3.05, 3.63) is 85.5 Å². The Bertz CT molecular complexity index is 1600. The van der Waals surface area contributed by atoms with Crippen LogP contribution in [0.5, 0.6) is 0 Å². The lowest BCUT2D eigenvalue weighted by molar-refractivity contribution is 0.643. The smallest absolute Gasteiger partial charge is 0.291 e. The van der Waals surface area contributed by atoms with E-state index in [1.807, 2.05) is 36.0 Å². The van der Waals surface area contributed by atoms with Crippen molar-refractivity contribution in [2.24, 2.45) is 12.0 Å². The largest absolute Gasteiger partial charge is 0.323 e. The lowest BCUT2D eigenvalue weighted by atomic mass is 10.0. The monoisotopic (exact) mass is 460 g/mol. The molecule has 0 N–H and O–H groups in total. The van der Waals surface area contributed by atoms with Gasteiger partial charge in [-0.1, -0.05) is 35.9 Å². The Labute approximate surface area is 191 Å². The number of thiazole rings is 1. The first-order chi connectivity index (χ1) is 15.6. The highest BCUT2D eigenvalue weighted by Gasteiger charge is 2.19. The fourth-order valence-corrected chi connectivity index (χ4v) is 5.46. The molecule has 0 aliphatic carbocycles. The predicted octanol–water partition coefficient (Wildman–Crippen LogP) is 3.96. The number of nitrogens with zero attached hydrogens (tertiary/aromatic N) is 6. The molecule has 6 rings (SSSR count). The molecule has 158 valence electrons. The van der Waals surface area contributed by atoms with Gasteiger partial charge in [-0.15, -0.1) is 11.3 Å². The van der Waals surface area contributed by atoms with Crippen LogP contribution in [0, 0.1) is 0 Å². The number of aryl methyl sites for hydroxylation is 1. The summed E-state index contributed by atoms with van der Waals surface area (Å²) in [5.74, 6) is 0. The number of aliphatic imine (C=N–C) groups is 1. The van der Waals surface area contributed by atoms with Crippen molar-refractivity contribution in [3.8, 4) is 0 Å². The second-order valence-electron chi connectivity index (χ2n) is 7.81. The van der Waals surface area contributed by atoms with E-state index in [2.05, 4.69) is 21.1 Å². The summed E-state index contributed by atoms with van der Waals surface area (Å²) >= 11 is 7.46. The minimum atomic E-state index is -0.119. The Hall–Kier alpha value is -3.36. The van der Waals surface area contributed by atoms with Crippen molar-refractivity contribution < 1.29 is 0 Å². The highest BCUT2D eigenvalue weighted by atomic mass is 35.5. The highest BCUT2D eigenvalue weighted by molar-refractivity contribution is 7.19. The number of aromatic nitrogens is 5. The summed E-state index contributed by atoms with van der Waals surface area (Å²) in [5.41, 5.74) is 5.66. The standard InChI is InChI=1S/C23H17ClN6OS/c1-29-20-17(21-22(29)28-19(32-21)7-13-5-6-18(24)26-8-13)11-27-30(23(20)31)12-15-4-2-3-14-9-25-10-16(14)15/h2-6,8,10-11H,7,9,12H2,1H3. The van der Waals surface area contributed by atoms with E-state index in [1.54, 1.807) is 29.8 Å². The van der Waals surface area contributed by atoms with Gasteiger partial charge in [-0.2, -0.15) is 5.10 Å². The molecule has 1 aliphatic rings. The molecule has 1 aromatic carbocycles. The maximum Gasteiger partial charge on any atom is 0.291 e. The molecule has 0 spiro atoms. The fraction of sp³-hybridized carbons (Fsp3) is 0.174. The van der Waals surface area contributed by atoms with Crippen LogP contribution < -0.4 is 5.56 Å². The van der Waals surface area contributed by atoms with Crippen LogP contribution in [0.15, 0.2) is 52.5 Å². The molecule has 4 aromatic heterocycles. The van der Waals surface area contributed by atoms with Gasteiger partial charge >= 0.3 is 0 Å². The van der Waals surface area contributed by atoms with E-state index in [0.717, 1.165) is 37.4 Å². The third-order valence-corrected chi connectivity index (χ3v) is 7.10. The van der Waals surface area contributed by atoms with E-state index in [1.165, 1.54) is 10.2 Å². The molecule has 0 bridgehead atoms. The normalized spacial score (nSPS) is 12.8. The van der Waals surface area contributed by atoms with Crippen molar-refractivity contribution in [1.29, 1.82) is 0 Å². The molecular weight excluding hydrogens is 444 g/mol. The average Bonchev–Trinajstić information content (AvgIpc) is 3.49. The van der Waals surface area contributed by atoms with Gasteiger partial charge in [0.05, 0.1) is 24.0 Å². The Kier molecular flexibility index (Phi) is 4.44. The van der Waals surface area contributed by atoms with Crippen LogP contribution in [0.25, 0.3) is 21.3 Å². The summed E-state index contributed by atoms with van der Waals surface area (Å²) < 4.78 is 4.37. The average molecular weight is 461 g/mol. The number of hydrogen-bond acceptors (Lipinski definition) is 6. The van der Waals surface area contributed by atoms with Crippen molar-refractivity contribution in [2.75, 3.05) is 0 Å². The summed E-state index contributed by atoms with van der Waals surface area (Å²) in [6, 6.07) is 9.83. The molecule has 7 nitrogen and oxygen atoms in total. The molecule has 0 radical (unpaired) electrons. The summed E-state index contributed by atoms with van der Waals surface area (Å²) in [4.78, 5) is 26.6. The van der Waals surface area contributed by atoms with Crippen LogP contribution in [0.3, 0.4) is 0 Å². The van der Waals surface area contributed by atoms with Gasteiger partial charge in [-0.05, 0) is 22.8 Å². The number of pyridine rings is 1. The van der Waals surface area contributed by atoms with Crippen LogP contribution in [-0.4, -0.2) is 30.5 Å². The van der Waals surface area contributed by atoms with E-state index in [9.17, 15) is 4.79 Å². The molecule has 9 heteroatoms. The quantitative estimate of drug-likeness (QED) is 0.380. The van der Waals surface area contributed by atoms with Gasteiger partial charge in [0.1, 0.15) is 15.7 Å². The van der Waals surface area contributed by atoms with Crippen LogP contribution in [-0.2, 0) is 26.6 Å². The maximum absolute atomic E-state index is 13.3. The molecular formula is C23H17ClN6OS. The zero-order valence-electron chi connectivity index (χ0n) is 17.1. The molecule has 0 unspecified atom stereocenters. The van der Waals surface area contributed by atoms with E-state index >= 15 is 0 Å². The Balaban J connectivity index is 1.40. The van der Waals surface area contributed by atoms with Crippen LogP contribution >= 0.6 is 22.9 Å². The van der Waals surface area contributed by atoms with Crippen LogP contribution in [0.4, 0.5) is 0 Å². The first-order valence-electron chi connectivity index (χ1n) is 10.1. The molecule has 0 atom stereocenters. The number of fused-ring (bicyclic) bond motifs is 4.